The number of hydrogen-bond acceptors (Lipinski definition) is 5. The maximum atomic E-state index is 12.4. The number of amides is 1. The molecule has 24 heavy (non-hydrogen) atoms. The molecule has 7 heteroatoms. The number of non-ortho nitro benzene ring substituents is 1. The van der Waals surface area contributed by atoms with Crippen LogP contribution in [0.25, 0.3) is 0 Å². The molecule has 1 aliphatic rings. The minimum Gasteiger partial charge on any atom is -0.378 e. The van der Waals surface area contributed by atoms with Crippen LogP contribution in [0.15, 0.2) is 48.5 Å². The lowest BCUT2D eigenvalue weighted by Gasteiger charge is -2.30. The molecule has 0 unspecified atom stereocenters. The summed E-state index contributed by atoms with van der Waals surface area (Å²) >= 11 is 0. The highest BCUT2D eigenvalue weighted by molar-refractivity contribution is 6.06. The molecule has 0 aliphatic carbocycles. The van der Waals surface area contributed by atoms with E-state index in [2.05, 4.69) is 5.32 Å². The molecule has 3 rings (SSSR count). The average Bonchev–Trinajstić information content (AvgIpc) is 2.63. The Bertz CT molecular complexity index is 743. The van der Waals surface area contributed by atoms with Gasteiger partial charge in [-0.05, 0) is 18.2 Å². The van der Waals surface area contributed by atoms with Gasteiger partial charge in [0.15, 0.2) is 0 Å². The molecule has 1 aliphatic heterocycles. The molecule has 1 N–H and O–H groups in total. The second-order valence-electron chi connectivity index (χ2n) is 5.38. The molecule has 0 aromatic heterocycles. The van der Waals surface area contributed by atoms with Crippen LogP contribution < -0.4 is 10.2 Å². The number of carbonyl (C=O) groups excluding carboxylic acids is 1. The van der Waals surface area contributed by atoms with E-state index in [1.807, 2.05) is 11.0 Å². The monoisotopic (exact) mass is 327 g/mol. The SMILES string of the molecule is O=C(Nc1cc([N+](=O)[O-])ccc1N1CCOCC1)c1ccccc1. The van der Waals surface area contributed by atoms with Gasteiger partial charge >= 0.3 is 0 Å². The Labute approximate surface area is 139 Å². The van der Waals surface area contributed by atoms with Crippen molar-refractivity contribution in [2.24, 2.45) is 0 Å². The summed E-state index contributed by atoms with van der Waals surface area (Å²) in [6.07, 6.45) is 0. The van der Waals surface area contributed by atoms with E-state index in [0.717, 1.165) is 5.69 Å². The Morgan fingerprint density at radius 1 is 1.12 bits per heavy atom. The number of nitro benzene ring substituents is 1. The third kappa shape index (κ3) is 3.52. The van der Waals surface area contributed by atoms with Gasteiger partial charge in [0.2, 0.25) is 0 Å². The molecule has 124 valence electrons. The first-order valence-corrected chi connectivity index (χ1v) is 7.63. The number of hydrogen-bond donors (Lipinski definition) is 1. The van der Waals surface area contributed by atoms with E-state index >= 15 is 0 Å². The highest BCUT2D eigenvalue weighted by Crippen LogP contribution is 2.31. The van der Waals surface area contributed by atoms with Gasteiger partial charge in [0.25, 0.3) is 11.6 Å². The van der Waals surface area contributed by atoms with Crippen molar-refractivity contribution in [2.75, 3.05) is 36.5 Å². The first-order chi connectivity index (χ1) is 11.6. The molecule has 0 spiro atoms. The third-order valence-electron chi connectivity index (χ3n) is 3.83. The Hall–Kier alpha value is -2.93. The zero-order chi connectivity index (χ0) is 16.9. The van der Waals surface area contributed by atoms with E-state index in [1.54, 1.807) is 30.3 Å². The second kappa shape index (κ2) is 7.10. The third-order valence-corrected chi connectivity index (χ3v) is 3.83. The summed E-state index contributed by atoms with van der Waals surface area (Å²) in [6.45, 7) is 2.52. The molecule has 1 saturated heterocycles. The van der Waals surface area contributed by atoms with Gasteiger partial charge in [0.05, 0.1) is 29.5 Å². The highest BCUT2D eigenvalue weighted by atomic mass is 16.6. The fraction of sp³-hybridized carbons (Fsp3) is 0.235. The van der Waals surface area contributed by atoms with Crippen LogP contribution in [-0.2, 0) is 4.74 Å². The van der Waals surface area contributed by atoms with Gasteiger partial charge in [-0.15, -0.1) is 0 Å². The van der Waals surface area contributed by atoms with E-state index in [4.69, 9.17) is 4.74 Å². The van der Waals surface area contributed by atoms with Crippen molar-refractivity contribution in [3.05, 3.63) is 64.2 Å². The van der Waals surface area contributed by atoms with Crippen molar-refractivity contribution in [3.8, 4) is 0 Å². The first kappa shape index (κ1) is 15.9. The normalized spacial score (nSPS) is 14.2. The Morgan fingerprint density at radius 2 is 1.83 bits per heavy atom. The van der Waals surface area contributed by atoms with Crippen LogP contribution >= 0.6 is 0 Å². The predicted molar refractivity (Wildman–Crippen MR) is 90.5 cm³/mol. The summed E-state index contributed by atoms with van der Waals surface area (Å²) in [5.74, 6) is -0.300. The molecule has 0 saturated carbocycles. The van der Waals surface area contributed by atoms with Crippen LogP contribution in [0.2, 0.25) is 0 Å². The summed E-state index contributed by atoms with van der Waals surface area (Å²) in [6, 6.07) is 13.3. The van der Waals surface area contributed by atoms with Gasteiger partial charge in [-0.1, -0.05) is 18.2 Å². The molecule has 2 aromatic rings. The first-order valence-electron chi connectivity index (χ1n) is 7.63. The topological polar surface area (TPSA) is 84.7 Å². The minimum absolute atomic E-state index is 0.0598. The Morgan fingerprint density at radius 3 is 2.50 bits per heavy atom. The molecular formula is C17H17N3O4. The van der Waals surface area contributed by atoms with E-state index in [9.17, 15) is 14.9 Å². The van der Waals surface area contributed by atoms with Crippen LogP contribution in [0, 0.1) is 10.1 Å². The van der Waals surface area contributed by atoms with Gasteiger partial charge < -0.3 is 15.0 Å². The zero-order valence-electron chi connectivity index (χ0n) is 13.0. The quantitative estimate of drug-likeness (QED) is 0.689. The maximum Gasteiger partial charge on any atom is 0.271 e. The van der Waals surface area contributed by atoms with Crippen molar-refractivity contribution in [3.63, 3.8) is 0 Å². The van der Waals surface area contributed by atoms with Crippen LogP contribution in [0.5, 0.6) is 0 Å². The average molecular weight is 327 g/mol. The predicted octanol–water partition coefficient (Wildman–Crippen LogP) is 2.68. The van der Waals surface area contributed by atoms with E-state index in [0.29, 0.717) is 37.6 Å². The molecule has 0 radical (unpaired) electrons. The number of rotatable bonds is 4. The maximum absolute atomic E-state index is 12.4. The number of carbonyl (C=O) groups is 1. The molecule has 0 bridgehead atoms. The number of benzene rings is 2. The summed E-state index contributed by atoms with van der Waals surface area (Å²) in [7, 11) is 0. The zero-order valence-corrected chi connectivity index (χ0v) is 13.0. The fourth-order valence-electron chi connectivity index (χ4n) is 2.60. The Balaban J connectivity index is 1.92. The minimum atomic E-state index is -0.471. The molecule has 1 fully saturated rings. The lowest BCUT2D eigenvalue weighted by molar-refractivity contribution is -0.384. The summed E-state index contributed by atoms with van der Waals surface area (Å²) < 4.78 is 5.34. The number of nitro groups is 1. The molecule has 0 atom stereocenters. The van der Waals surface area contributed by atoms with Gasteiger partial charge in [-0.3, -0.25) is 14.9 Å². The summed E-state index contributed by atoms with van der Waals surface area (Å²) in [4.78, 5) is 25.0. The van der Waals surface area contributed by atoms with E-state index in [-0.39, 0.29) is 11.6 Å². The van der Waals surface area contributed by atoms with E-state index < -0.39 is 4.92 Å². The van der Waals surface area contributed by atoms with Gasteiger partial charge in [-0.25, -0.2) is 0 Å². The molecule has 2 aromatic carbocycles. The van der Waals surface area contributed by atoms with Crippen molar-refractivity contribution in [2.45, 2.75) is 0 Å². The molecule has 1 heterocycles. The number of ether oxygens (including phenoxy) is 1. The smallest absolute Gasteiger partial charge is 0.271 e. The number of nitrogens with one attached hydrogen (secondary N) is 1. The van der Waals surface area contributed by atoms with Crippen molar-refractivity contribution < 1.29 is 14.5 Å². The Kier molecular flexibility index (Phi) is 4.72. The highest BCUT2D eigenvalue weighted by Gasteiger charge is 2.19. The fourth-order valence-corrected chi connectivity index (χ4v) is 2.60. The number of anilines is 2. The molecular weight excluding hydrogens is 310 g/mol. The van der Waals surface area contributed by atoms with Gasteiger partial charge in [0.1, 0.15) is 0 Å². The molecule has 7 nitrogen and oxygen atoms in total. The van der Waals surface area contributed by atoms with Crippen LogP contribution in [0.3, 0.4) is 0 Å². The van der Waals surface area contributed by atoms with Gasteiger partial charge in [-0.2, -0.15) is 0 Å². The largest absolute Gasteiger partial charge is 0.378 e. The van der Waals surface area contributed by atoms with Crippen molar-refractivity contribution >= 4 is 23.0 Å². The van der Waals surface area contributed by atoms with Crippen LogP contribution in [-0.4, -0.2) is 37.1 Å². The molecule has 1 amide bonds. The van der Waals surface area contributed by atoms with Crippen LogP contribution in [0.1, 0.15) is 10.4 Å². The number of morpholine rings is 1. The van der Waals surface area contributed by atoms with Gasteiger partial charge in [0, 0.05) is 30.8 Å². The summed E-state index contributed by atoms with van der Waals surface area (Å²) in [5.41, 5.74) is 1.63. The van der Waals surface area contributed by atoms with E-state index in [1.165, 1.54) is 12.1 Å². The van der Waals surface area contributed by atoms with Crippen LogP contribution in [0.4, 0.5) is 17.1 Å². The van der Waals surface area contributed by atoms with Crippen molar-refractivity contribution in [1.82, 2.24) is 0 Å². The second-order valence-corrected chi connectivity index (χ2v) is 5.38. The number of nitrogens with zero attached hydrogens (tertiary/aromatic N) is 2. The van der Waals surface area contributed by atoms with Crippen molar-refractivity contribution in [1.29, 1.82) is 0 Å². The lowest BCUT2D eigenvalue weighted by atomic mass is 10.1. The lowest BCUT2D eigenvalue weighted by Crippen LogP contribution is -2.36. The standard InChI is InChI=1S/C17H17N3O4/c21-17(13-4-2-1-3-5-13)18-15-12-14(20(22)23)6-7-16(15)19-8-10-24-11-9-19/h1-7,12H,8-11H2,(H,18,21). The summed E-state index contributed by atoms with van der Waals surface area (Å²) in [5, 5.41) is 13.8.